The van der Waals surface area contributed by atoms with E-state index in [1.165, 1.54) is 11.3 Å². The second kappa shape index (κ2) is 8.02. The maximum atomic E-state index is 12.8. The number of aromatic nitrogens is 2. The Bertz CT molecular complexity index is 1580. The Kier molecular flexibility index (Phi) is 5.15. The number of amides is 1. The zero-order valence-corrected chi connectivity index (χ0v) is 19.5. The summed E-state index contributed by atoms with van der Waals surface area (Å²) in [6.07, 6.45) is 0. The molecule has 1 amide bonds. The van der Waals surface area contributed by atoms with Crippen LogP contribution in [0.2, 0.25) is 0 Å². The molecule has 2 heterocycles. The standard InChI is InChI=1S/C24H20N4O3S2/c1-14-7-9-18(10-8-14)33(30,31)28-24-27-22-15(2)11-17(13-21(22)32-24)25-23(29)20-12-16-5-3-4-6-19(16)26-20/h3-13,26H,1-2H3,(H,25,29)(H,27,28). The lowest BCUT2D eigenvalue weighted by molar-refractivity contribution is 0.102. The number of thiazole rings is 1. The Morgan fingerprint density at radius 1 is 1.00 bits per heavy atom. The summed E-state index contributed by atoms with van der Waals surface area (Å²) >= 11 is 1.22. The molecule has 0 bridgehead atoms. The van der Waals surface area contributed by atoms with E-state index in [9.17, 15) is 13.2 Å². The third-order valence-corrected chi connectivity index (χ3v) is 7.67. The van der Waals surface area contributed by atoms with Gasteiger partial charge in [0.2, 0.25) is 0 Å². The number of aryl methyl sites for hydroxylation is 2. The summed E-state index contributed by atoms with van der Waals surface area (Å²) in [7, 11) is -3.74. The number of sulfonamides is 1. The molecule has 5 aromatic rings. The molecule has 0 atom stereocenters. The predicted molar refractivity (Wildman–Crippen MR) is 133 cm³/mol. The van der Waals surface area contributed by atoms with Crippen molar-refractivity contribution in [2.75, 3.05) is 10.0 Å². The number of aromatic amines is 1. The van der Waals surface area contributed by atoms with Crippen molar-refractivity contribution in [1.29, 1.82) is 0 Å². The molecule has 9 heteroatoms. The SMILES string of the molecule is Cc1ccc(S(=O)(=O)Nc2nc3c(C)cc(NC(=O)c4cc5ccccc5[nH]4)cc3s2)cc1. The number of hydrogen-bond acceptors (Lipinski definition) is 5. The summed E-state index contributed by atoms with van der Waals surface area (Å²) < 4.78 is 28.8. The molecule has 33 heavy (non-hydrogen) atoms. The molecule has 0 unspecified atom stereocenters. The molecule has 3 N–H and O–H groups in total. The number of para-hydroxylation sites is 1. The number of benzene rings is 3. The zero-order chi connectivity index (χ0) is 23.2. The summed E-state index contributed by atoms with van der Waals surface area (Å²) in [5, 5.41) is 4.14. The molecule has 0 fully saturated rings. The van der Waals surface area contributed by atoms with Crippen LogP contribution in [0.3, 0.4) is 0 Å². The first-order chi connectivity index (χ1) is 15.8. The van der Waals surface area contributed by atoms with E-state index in [0.717, 1.165) is 26.7 Å². The van der Waals surface area contributed by atoms with E-state index in [4.69, 9.17) is 0 Å². The normalized spacial score (nSPS) is 11.7. The van der Waals surface area contributed by atoms with E-state index >= 15 is 0 Å². The van der Waals surface area contributed by atoms with Crippen LogP contribution < -0.4 is 10.0 Å². The van der Waals surface area contributed by atoms with E-state index in [2.05, 4.69) is 20.0 Å². The summed E-state index contributed by atoms with van der Waals surface area (Å²) in [4.78, 5) is 20.5. The maximum Gasteiger partial charge on any atom is 0.272 e. The molecule has 0 saturated carbocycles. The van der Waals surface area contributed by atoms with Crippen molar-refractivity contribution < 1.29 is 13.2 Å². The highest BCUT2D eigenvalue weighted by Crippen LogP contribution is 2.32. The van der Waals surface area contributed by atoms with Gasteiger partial charge >= 0.3 is 0 Å². The Morgan fingerprint density at radius 2 is 1.76 bits per heavy atom. The summed E-state index contributed by atoms with van der Waals surface area (Å²) in [6, 6.07) is 19.7. The number of H-pyrrole nitrogens is 1. The fraction of sp³-hybridized carbons (Fsp3) is 0.0833. The molecule has 0 saturated heterocycles. The van der Waals surface area contributed by atoms with Crippen LogP contribution in [-0.2, 0) is 10.0 Å². The van der Waals surface area contributed by atoms with Crippen LogP contribution in [0.1, 0.15) is 21.6 Å². The van der Waals surface area contributed by atoms with Gasteiger partial charge < -0.3 is 10.3 Å². The van der Waals surface area contributed by atoms with E-state index in [1.807, 2.05) is 44.2 Å². The molecule has 3 aromatic carbocycles. The van der Waals surface area contributed by atoms with Crippen LogP contribution in [0.5, 0.6) is 0 Å². The lowest BCUT2D eigenvalue weighted by Crippen LogP contribution is -2.12. The van der Waals surface area contributed by atoms with Crippen LogP contribution in [0.4, 0.5) is 10.8 Å². The van der Waals surface area contributed by atoms with Crippen molar-refractivity contribution in [2.45, 2.75) is 18.7 Å². The minimum Gasteiger partial charge on any atom is -0.351 e. The largest absolute Gasteiger partial charge is 0.351 e. The van der Waals surface area contributed by atoms with Gasteiger partial charge in [0, 0.05) is 16.6 Å². The maximum absolute atomic E-state index is 12.8. The van der Waals surface area contributed by atoms with Gasteiger partial charge in [0.05, 0.1) is 15.1 Å². The highest BCUT2D eigenvalue weighted by atomic mass is 32.2. The van der Waals surface area contributed by atoms with E-state index in [0.29, 0.717) is 16.9 Å². The number of carbonyl (C=O) groups is 1. The molecule has 5 rings (SSSR count). The monoisotopic (exact) mass is 476 g/mol. The van der Waals surface area contributed by atoms with Crippen LogP contribution in [-0.4, -0.2) is 24.3 Å². The third-order valence-electron chi connectivity index (χ3n) is 5.27. The van der Waals surface area contributed by atoms with E-state index in [-0.39, 0.29) is 15.9 Å². The second-order valence-electron chi connectivity index (χ2n) is 7.80. The number of fused-ring (bicyclic) bond motifs is 2. The lowest BCUT2D eigenvalue weighted by Gasteiger charge is -2.05. The minimum atomic E-state index is -3.74. The summed E-state index contributed by atoms with van der Waals surface area (Å²) in [6.45, 7) is 3.77. The van der Waals surface area contributed by atoms with Crippen molar-refractivity contribution in [2.24, 2.45) is 0 Å². The minimum absolute atomic E-state index is 0.176. The van der Waals surface area contributed by atoms with Crippen molar-refractivity contribution in [1.82, 2.24) is 9.97 Å². The topological polar surface area (TPSA) is 104 Å². The summed E-state index contributed by atoms with van der Waals surface area (Å²) in [5.41, 5.74) is 4.46. The average molecular weight is 477 g/mol. The first kappa shape index (κ1) is 21.2. The number of anilines is 2. The predicted octanol–water partition coefficient (Wildman–Crippen LogP) is 5.45. The van der Waals surface area contributed by atoms with Gasteiger partial charge in [-0.3, -0.25) is 9.52 Å². The number of nitrogens with zero attached hydrogens (tertiary/aromatic N) is 1. The lowest BCUT2D eigenvalue weighted by atomic mass is 10.2. The van der Waals surface area contributed by atoms with E-state index in [1.54, 1.807) is 36.4 Å². The summed E-state index contributed by atoms with van der Waals surface area (Å²) in [5.74, 6) is -0.255. The molecular weight excluding hydrogens is 456 g/mol. The van der Waals surface area contributed by atoms with Crippen molar-refractivity contribution in [3.05, 3.63) is 83.6 Å². The molecule has 0 aliphatic heterocycles. The highest BCUT2D eigenvalue weighted by molar-refractivity contribution is 7.93. The fourth-order valence-corrected chi connectivity index (χ4v) is 5.82. The molecule has 7 nitrogen and oxygen atoms in total. The van der Waals surface area contributed by atoms with Crippen LogP contribution in [0.15, 0.2) is 71.6 Å². The number of nitrogens with one attached hydrogen (secondary N) is 3. The average Bonchev–Trinajstić information content (AvgIpc) is 3.38. The van der Waals surface area contributed by atoms with Gasteiger partial charge in [-0.1, -0.05) is 47.2 Å². The Hall–Kier alpha value is -3.69. The first-order valence-corrected chi connectivity index (χ1v) is 12.5. The van der Waals surface area contributed by atoms with Gasteiger partial charge in [-0.15, -0.1) is 0 Å². The molecular formula is C24H20N4O3S2. The third kappa shape index (κ3) is 4.20. The molecule has 0 aliphatic carbocycles. The van der Waals surface area contributed by atoms with Gasteiger partial charge in [-0.05, 0) is 55.8 Å². The van der Waals surface area contributed by atoms with Crippen molar-refractivity contribution >= 4 is 59.2 Å². The zero-order valence-electron chi connectivity index (χ0n) is 17.8. The number of hydrogen-bond donors (Lipinski definition) is 3. The van der Waals surface area contributed by atoms with Gasteiger partial charge in [-0.2, -0.15) is 0 Å². The number of carbonyl (C=O) groups excluding carboxylic acids is 1. The molecule has 0 radical (unpaired) electrons. The first-order valence-electron chi connectivity index (χ1n) is 10.2. The fourth-order valence-electron chi connectivity index (χ4n) is 3.60. The van der Waals surface area contributed by atoms with Gasteiger partial charge in [0.1, 0.15) is 5.69 Å². The Morgan fingerprint density at radius 3 is 2.52 bits per heavy atom. The second-order valence-corrected chi connectivity index (χ2v) is 10.5. The molecule has 166 valence electrons. The molecule has 2 aromatic heterocycles. The Labute approximate surface area is 194 Å². The number of rotatable bonds is 5. The van der Waals surface area contributed by atoms with Gasteiger partial charge in [0.25, 0.3) is 15.9 Å². The van der Waals surface area contributed by atoms with Crippen LogP contribution >= 0.6 is 11.3 Å². The quantitative estimate of drug-likeness (QED) is 0.314. The molecule has 0 aliphatic rings. The smallest absolute Gasteiger partial charge is 0.272 e. The van der Waals surface area contributed by atoms with Gasteiger partial charge in [0.15, 0.2) is 5.13 Å². The highest BCUT2D eigenvalue weighted by Gasteiger charge is 2.18. The van der Waals surface area contributed by atoms with Gasteiger partial charge in [-0.25, -0.2) is 13.4 Å². The molecule has 0 spiro atoms. The Balaban J connectivity index is 1.40. The van der Waals surface area contributed by atoms with E-state index < -0.39 is 10.0 Å². The van der Waals surface area contributed by atoms with Crippen molar-refractivity contribution in [3.8, 4) is 0 Å². The van der Waals surface area contributed by atoms with Crippen molar-refractivity contribution in [3.63, 3.8) is 0 Å². The van der Waals surface area contributed by atoms with Crippen LogP contribution in [0.25, 0.3) is 21.1 Å². The van der Waals surface area contributed by atoms with Crippen LogP contribution in [0, 0.1) is 13.8 Å².